The smallest absolute Gasteiger partial charge is 0.172 e. The summed E-state index contributed by atoms with van der Waals surface area (Å²) in [5, 5.41) is 21.6. The molecule has 1 N–H and O–H groups in total. The lowest BCUT2D eigenvalue weighted by Gasteiger charge is -2.23. The molecule has 0 atom stereocenters. The Hall–Kier alpha value is -2.90. The van der Waals surface area contributed by atoms with E-state index >= 15 is 0 Å². The standard InChI is InChI=1S/C38H56N4O2S/c1-7-9-11-13-15-17-23-41(24-18-16-14-12-10-8-2)35-22-20-30(45-35)26-31-33(38(3,4)5)27-42-36(31)39-40-37(42)32-25-29(28-43)19-21-34(32)44-6/h19-22,25-27,43H,7-18,23-24,28H2,1-6H3. The average Bonchev–Trinajstić information content (AvgIpc) is 3.76. The van der Waals surface area contributed by atoms with E-state index in [2.05, 4.69) is 73.4 Å². The molecular formula is C38H56N4O2S. The third-order valence-electron chi connectivity index (χ3n) is 8.75. The first-order valence-electron chi connectivity index (χ1n) is 17.3. The van der Waals surface area contributed by atoms with E-state index in [0.29, 0.717) is 5.75 Å². The number of aliphatic hydroxyl groups excluding tert-OH is 1. The Kier molecular flexibility index (Phi) is 13.3. The van der Waals surface area contributed by atoms with Crippen LogP contribution >= 0.6 is 11.3 Å². The van der Waals surface area contributed by atoms with E-state index in [9.17, 15) is 5.11 Å². The molecule has 3 heterocycles. The van der Waals surface area contributed by atoms with Crippen molar-refractivity contribution in [2.45, 2.75) is 124 Å². The molecule has 0 saturated carbocycles. The van der Waals surface area contributed by atoms with E-state index in [0.717, 1.165) is 40.9 Å². The van der Waals surface area contributed by atoms with Gasteiger partial charge in [-0.1, -0.05) is 105 Å². The topological polar surface area (TPSA) is 62.9 Å². The predicted octanol–water partition coefficient (Wildman–Crippen LogP) is 9.33. The van der Waals surface area contributed by atoms with Crippen molar-refractivity contribution in [3.05, 3.63) is 57.8 Å². The average molecular weight is 633 g/mol. The fourth-order valence-corrected chi connectivity index (χ4v) is 7.10. The maximum absolute atomic E-state index is 9.79. The Balaban J connectivity index is 1.64. The molecule has 0 unspecified atom stereocenters. The second-order valence-electron chi connectivity index (χ2n) is 13.5. The number of anilines is 1. The molecule has 3 aromatic heterocycles. The Morgan fingerprint density at radius 1 is 0.867 bits per heavy atom. The zero-order valence-corrected chi connectivity index (χ0v) is 29.5. The van der Waals surface area contributed by atoms with Crippen LogP contribution in [0.25, 0.3) is 23.1 Å². The summed E-state index contributed by atoms with van der Waals surface area (Å²) in [4.78, 5) is 3.88. The first-order valence-corrected chi connectivity index (χ1v) is 18.1. The normalized spacial score (nSPS) is 12.5. The number of thiophene rings is 1. The Morgan fingerprint density at radius 3 is 2.11 bits per heavy atom. The molecule has 0 spiro atoms. The Bertz CT molecular complexity index is 1500. The number of aliphatic hydroxyl groups is 1. The van der Waals surface area contributed by atoms with Crippen LogP contribution in [0.15, 0.2) is 36.5 Å². The van der Waals surface area contributed by atoms with Crippen molar-refractivity contribution in [1.29, 1.82) is 0 Å². The van der Waals surface area contributed by atoms with Gasteiger partial charge in [-0.2, -0.15) is 0 Å². The van der Waals surface area contributed by atoms with E-state index in [4.69, 9.17) is 9.84 Å². The van der Waals surface area contributed by atoms with Crippen LogP contribution in [0.3, 0.4) is 0 Å². The zero-order chi connectivity index (χ0) is 32.2. The van der Waals surface area contributed by atoms with E-state index in [-0.39, 0.29) is 12.0 Å². The summed E-state index contributed by atoms with van der Waals surface area (Å²) < 4.78 is 7.76. The van der Waals surface area contributed by atoms with Gasteiger partial charge in [0, 0.05) is 29.4 Å². The van der Waals surface area contributed by atoms with E-state index in [1.54, 1.807) is 7.11 Å². The SMILES string of the molecule is CCCCCCCCN(CCCCCCCC)c1ccc(C=c2c(C(C)(C)C)cn3c(-c4cc(CO)ccc4OC)nnc23)s1. The molecule has 4 rings (SSSR count). The van der Waals surface area contributed by atoms with Crippen LogP contribution in [-0.4, -0.2) is 39.9 Å². The fourth-order valence-electron chi connectivity index (χ4n) is 6.10. The molecule has 0 aliphatic rings. The number of methoxy groups -OCH3 is 1. The number of nitrogens with zero attached hydrogens (tertiary/aromatic N) is 4. The second kappa shape index (κ2) is 17.1. The molecule has 6 nitrogen and oxygen atoms in total. The summed E-state index contributed by atoms with van der Waals surface area (Å²) in [6, 6.07) is 10.3. The van der Waals surface area contributed by atoms with Crippen molar-refractivity contribution in [1.82, 2.24) is 14.6 Å². The van der Waals surface area contributed by atoms with Crippen LogP contribution in [0.2, 0.25) is 0 Å². The number of aromatic nitrogens is 3. The van der Waals surface area contributed by atoms with Gasteiger partial charge in [0.15, 0.2) is 11.5 Å². The van der Waals surface area contributed by atoms with Crippen LogP contribution in [0.4, 0.5) is 5.00 Å². The lowest BCUT2D eigenvalue weighted by atomic mass is 9.88. The van der Waals surface area contributed by atoms with Crippen molar-refractivity contribution in [3.63, 3.8) is 0 Å². The lowest BCUT2D eigenvalue weighted by Crippen LogP contribution is -2.24. The van der Waals surface area contributed by atoms with Gasteiger partial charge in [-0.3, -0.25) is 4.40 Å². The molecule has 0 amide bonds. The minimum Gasteiger partial charge on any atom is -0.496 e. The van der Waals surface area contributed by atoms with Crippen LogP contribution in [0, 0.1) is 0 Å². The fraction of sp³-hybridized carbons (Fsp3) is 0.579. The zero-order valence-electron chi connectivity index (χ0n) is 28.7. The van der Waals surface area contributed by atoms with E-state index in [1.807, 2.05) is 29.5 Å². The predicted molar refractivity (Wildman–Crippen MR) is 192 cm³/mol. The summed E-state index contributed by atoms with van der Waals surface area (Å²) in [6.45, 7) is 13.6. The van der Waals surface area contributed by atoms with Gasteiger partial charge in [0.05, 0.1) is 24.3 Å². The van der Waals surface area contributed by atoms with E-state index in [1.165, 1.54) is 92.5 Å². The third-order valence-corrected chi connectivity index (χ3v) is 9.85. The van der Waals surface area contributed by atoms with Crippen molar-refractivity contribution in [3.8, 4) is 17.1 Å². The van der Waals surface area contributed by atoms with Gasteiger partial charge in [-0.05, 0) is 59.7 Å². The molecule has 0 aliphatic carbocycles. The maximum Gasteiger partial charge on any atom is 0.172 e. The molecule has 246 valence electrons. The highest BCUT2D eigenvalue weighted by Gasteiger charge is 2.23. The molecule has 1 aromatic carbocycles. The molecule has 4 aromatic rings. The summed E-state index contributed by atoms with van der Waals surface area (Å²) >= 11 is 1.89. The van der Waals surface area contributed by atoms with Crippen LogP contribution < -0.4 is 14.9 Å². The number of rotatable bonds is 19. The molecule has 0 radical (unpaired) electrons. The monoisotopic (exact) mass is 632 g/mol. The number of ether oxygens (including phenoxy) is 1. The largest absolute Gasteiger partial charge is 0.496 e. The maximum atomic E-state index is 9.79. The van der Waals surface area contributed by atoms with E-state index < -0.39 is 0 Å². The van der Waals surface area contributed by atoms with Gasteiger partial charge in [-0.25, -0.2) is 0 Å². The highest BCUT2D eigenvalue weighted by atomic mass is 32.1. The third kappa shape index (κ3) is 9.32. The summed E-state index contributed by atoms with van der Waals surface area (Å²) in [5.74, 6) is 1.43. The van der Waals surface area contributed by atoms with Crippen molar-refractivity contribution in [2.24, 2.45) is 0 Å². The number of hydrogen-bond donors (Lipinski definition) is 1. The van der Waals surface area contributed by atoms with Crippen molar-refractivity contribution < 1.29 is 9.84 Å². The first-order chi connectivity index (χ1) is 21.8. The number of unbranched alkanes of at least 4 members (excludes halogenated alkanes) is 10. The van der Waals surface area contributed by atoms with Gasteiger partial charge in [0.2, 0.25) is 0 Å². The summed E-state index contributed by atoms with van der Waals surface area (Å²) in [6.07, 6.45) is 20.4. The highest BCUT2D eigenvalue weighted by molar-refractivity contribution is 7.16. The van der Waals surface area contributed by atoms with Gasteiger partial charge in [0.1, 0.15) is 5.75 Å². The first kappa shape index (κ1) is 35.0. The van der Waals surface area contributed by atoms with Crippen LogP contribution in [0.1, 0.15) is 128 Å². The van der Waals surface area contributed by atoms with Crippen molar-refractivity contribution >= 4 is 28.1 Å². The van der Waals surface area contributed by atoms with Gasteiger partial charge >= 0.3 is 0 Å². The number of hydrogen-bond acceptors (Lipinski definition) is 6. The molecular weight excluding hydrogens is 577 g/mol. The molecule has 0 fully saturated rings. The minimum absolute atomic E-state index is 0.0400. The highest BCUT2D eigenvalue weighted by Crippen LogP contribution is 2.32. The minimum atomic E-state index is -0.0808. The summed E-state index contributed by atoms with van der Waals surface area (Å²) in [5.41, 5.74) is 3.64. The van der Waals surface area contributed by atoms with Crippen LogP contribution in [-0.2, 0) is 12.0 Å². The number of benzene rings is 1. The Labute approximate surface area is 275 Å². The molecule has 0 aliphatic heterocycles. The quantitative estimate of drug-likeness (QED) is 0.104. The molecule has 7 heteroatoms. The molecule has 45 heavy (non-hydrogen) atoms. The molecule has 0 saturated heterocycles. The lowest BCUT2D eigenvalue weighted by molar-refractivity contribution is 0.281. The van der Waals surface area contributed by atoms with Gasteiger partial charge in [-0.15, -0.1) is 21.5 Å². The van der Waals surface area contributed by atoms with Crippen LogP contribution in [0.5, 0.6) is 5.75 Å². The van der Waals surface area contributed by atoms with Gasteiger partial charge < -0.3 is 14.7 Å². The summed E-state index contributed by atoms with van der Waals surface area (Å²) in [7, 11) is 1.66. The molecule has 0 bridgehead atoms. The Morgan fingerprint density at radius 2 is 1.51 bits per heavy atom. The second-order valence-corrected chi connectivity index (χ2v) is 14.6. The number of fused-ring (bicyclic) bond motifs is 1. The van der Waals surface area contributed by atoms with Gasteiger partial charge in [0.25, 0.3) is 0 Å². The van der Waals surface area contributed by atoms with Crippen molar-refractivity contribution in [2.75, 3.05) is 25.1 Å².